The maximum atomic E-state index is 11.9. The molecule has 0 aromatic heterocycles. The van der Waals surface area contributed by atoms with Gasteiger partial charge in [-0.25, -0.2) is 0 Å². The number of hydrogen-bond acceptors (Lipinski definition) is 2. The van der Waals surface area contributed by atoms with Crippen LogP contribution in [0.15, 0.2) is 24.3 Å². The minimum absolute atomic E-state index is 0.114. The third kappa shape index (κ3) is 3.76. The van der Waals surface area contributed by atoms with Gasteiger partial charge in [-0.05, 0) is 31.4 Å². The first kappa shape index (κ1) is 14.6. The predicted octanol–water partition coefficient (Wildman–Crippen LogP) is 3.09. The van der Waals surface area contributed by atoms with E-state index in [1.165, 1.54) is 5.56 Å². The number of benzene rings is 1. The fraction of sp³-hybridized carbons (Fsp3) is 0.533. The first-order chi connectivity index (χ1) is 8.43. The molecule has 1 aromatic carbocycles. The highest BCUT2D eigenvalue weighted by molar-refractivity contribution is 5.81. The lowest BCUT2D eigenvalue weighted by molar-refractivity contribution is -0.129. The van der Waals surface area contributed by atoms with Crippen LogP contribution in [0.1, 0.15) is 39.2 Å². The van der Waals surface area contributed by atoms with Crippen molar-refractivity contribution in [3.8, 4) is 0 Å². The van der Waals surface area contributed by atoms with Crippen molar-refractivity contribution in [3.05, 3.63) is 29.8 Å². The van der Waals surface area contributed by atoms with E-state index in [4.69, 9.17) is 0 Å². The third-order valence-electron chi connectivity index (χ3n) is 3.18. The summed E-state index contributed by atoms with van der Waals surface area (Å²) in [6.07, 6.45) is 0. The number of carbonyl (C=O) groups is 1. The van der Waals surface area contributed by atoms with Crippen molar-refractivity contribution >= 4 is 11.6 Å². The zero-order valence-electron chi connectivity index (χ0n) is 12.0. The summed E-state index contributed by atoms with van der Waals surface area (Å²) < 4.78 is 0. The SMILES string of the molecule is CC(C)c1ccccc1NCC(=O)N(C)C(C)C. The van der Waals surface area contributed by atoms with Crippen LogP contribution in [0.25, 0.3) is 0 Å². The Kier molecular flexibility index (Phi) is 5.20. The quantitative estimate of drug-likeness (QED) is 0.868. The number of amides is 1. The Labute approximate surface area is 110 Å². The molecular weight excluding hydrogens is 224 g/mol. The molecule has 3 nitrogen and oxygen atoms in total. The van der Waals surface area contributed by atoms with Crippen LogP contribution < -0.4 is 5.32 Å². The van der Waals surface area contributed by atoms with Crippen molar-refractivity contribution in [2.24, 2.45) is 0 Å². The van der Waals surface area contributed by atoms with E-state index >= 15 is 0 Å². The second-order valence-electron chi connectivity index (χ2n) is 5.19. The molecule has 1 rings (SSSR count). The molecule has 1 aromatic rings. The molecule has 0 spiro atoms. The van der Waals surface area contributed by atoms with Gasteiger partial charge < -0.3 is 10.2 Å². The first-order valence-electron chi connectivity index (χ1n) is 6.52. The summed E-state index contributed by atoms with van der Waals surface area (Å²) in [6, 6.07) is 8.38. The van der Waals surface area contributed by atoms with Gasteiger partial charge in [0, 0.05) is 18.8 Å². The molecule has 0 unspecified atom stereocenters. The number of nitrogens with zero attached hydrogens (tertiary/aromatic N) is 1. The normalized spacial score (nSPS) is 10.8. The summed E-state index contributed by atoms with van der Waals surface area (Å²) in [5.74, 6) is 0.565. The van der Waals surface area contributed by atoms with Gasteiger partial charge in [-0.3, -0.25) is 4.79 Å². The fourth-order valence-electron chi connectivity index (χ4n) is 1.74. The molecule has 1 N–H and O–H groups in total. The summed E-state index contributed by atoms with van der Waals surface area (Å²) in [4.78, 5) is 13.7. The summed E-state index contributed by atoms with van der Waals surface area (Å²) in [6.45, 7) is 8.68. The summed E-state index contributed by atoms with van der Waals surface area (Å²) >= 11 is 0. The monoisotopic (exact) mass is 248 g/mol. The van der Waals surface area contributed by atoms with Gasteiger partial charge in [0.2, 0.25) is 5.91 Å². The molecule has 0 heterocycles. The summed E-state index contributed by atoms with van der Waals surface area (Å²) in [7, 11) is 1.84. The van der Waals surface area contributed by atoms with Gasteiger partial charge in [0.15, 0.2) is 0 Å². The minimum atomic E-state index is 0.114. The van der Waals surface area contributed by atoms with Crippen LogP contribution in [0.5, 0.6) is 0 Å². The average Bonchev–Trinajstić information content (AvgIpc) is 2.35. The van der Waals surface area contributed by atoms with Gasteiger partial charge in [-0.1, -0.05) is 32.0 Å². The van der Waals surface area contributed by atoms with Crippen LogP contribution in [-0.4, -0.2) is 30.4 Å². The molecule has 18 heavy (non-hydrogen) atoms. The van der Waals surface area contributed by atoms with Crippen LogP contribution in [-0.2, 0) is 4.79 Å². The molecule has 0 aliphatic heterocycles. The molecule has 0 atom stereocenters. The molecule has 0 saturated heterocycles. The Balaban J connectivity index is 2.67. The van der Waals surface area contributed by atoms with Crippen LogP contribution in [0.4, 0.5) is 5.69 Å². The van der Waals surface area contributed by atoms with E-state index in [1.54, 1.807) is 4.90 Å². The van der Waals surface area contributed by atoms with Crippen LogP contribution in [0.2, 0.25) is 0 Å². The fourth-order valence-corrected chi connectivity index (χ4v) is 1.74. The largest absolute Gasteiger partial charge is 0.376 e. The van der Waals surface area contributed by atoms with E-state index in [2.05, 4.69) is 25.2 Å². The Morgan fingerprint density at radius 2 is 1.83 bits per heavy atom. The van der Waals surface area contributed by atoms with Crippen molar-refractivity contribution < 1.29 is 4.79 Å². The topological polar surface area (TPSA) is 32.3 Å². The number of hydrogen-bond donors (Lipinski definition) is 1. The van der Waals surface area contributed by atoms with E-state index in [9.17, 15) is 4.79 Å². The van der Waals surface area contributed by atoms with Gasteiger partial charge in [-0.2, -0.15) is 0 Å². The Bertz CT molecular complexity index is 399. The van der Waals surface area contributed by atoms with Crippen molar-refractivity contribution in [3.63, 3.8) is 0 Å². The molecule has 1 amide bonds. The van der Waals surface area contributed by atoms with E-state index in [-0.39, 0.29) is 11.9 Å². The number of nitrogens with one attached hydrogen (secondary N) is 1. The highest BCUT2D eigenvalue weighted by Gasteiger charge is 2.12. The summed E-state index contributed by atoms with van der Waals surface area (Å²) in [5.41, 5.74) is 2.30. The lowest BCUT2D eigenvalue weighted by Gasteiger charge is -2.22. The zero-order chi connectivity index (χ0) is 13.7. The predicted molar refractivity (Wildman–Crippen MR) is 76.9 cm³/mol. The van der Waals surface area contributed by atoms with E-state index in [0.29, 0.717) is 12.5 Å². The summed E-state index contributed by atoms with van der Waals surface area (Å²) in [5, 5.41) is 3.24. The zero-order valence-corrected chi connectivity index (χ0v) is 12.0. The van der Waals surface area contributed by atoms with E-state index < -0.39 is 0 Å². The van der Waals surface area contributed by atoms with Crippen LogP contribution in [0.3, 0.4) is 0 Å². The first-order valence-corrected chi connectivity index (χ1v) is 6.52. The number of para-hydroxylation sites is 1. The molecule has 100 valence electrons. The Morgan fingerprint density at radius 1 is 1.22 bits per heavy atom. The standard InChI is InChI=1S/C15H24N2O/c1-11(2)13-8-6-7-9-14(13)16-10-15(18)17(5)12(3)4/h6-9,11-12,16H,10H2,1-5H3. The third-order valence-corrected chi connectivity index (χ3v) is 3.18. The maximum Gasteiger partial charge on any atom is 0.241 e. The second kappa shape index (κ2) is 6.43. The molecular formula is C15H24N2O. The molecule has 0 aliphatic rings. The number of rotatable bonds is 5. The van der Waals surface area contributed by atoms with Crippen molar-refractivity contribution in [1.82, 2.24) is 4.90 Å². The van der Waals surface area contributed by atoms with E-state index in [0.717, 1.165) is 5.69 Å². The maximum absolute atomic E-state index is 11.9. The lowest BCUT2D eigenvalue weighted by Crippen LogP contribution is -2.37. The Morgan fingerprint density at radius 3 is 2.39 bits per heavy atom. The number of likely N-dealkylation sites (N-methyl/N-ethyl adjacent to an activating group) is 1. The average molecular weight is 248 g/mol. The number of anilines is 1. The van der Waals surface area contributed by atoms with Crippen molar-refractivity contribution in [1.29, 1.82) is 0 Å². The van der Waals surface area contributed by atoms with Gasteiger partial charge in [0.1, 0.15) is 0 Å². The van der Waals surface area contributed by atoms with Crippen LogP contribution >= 0.6 is 0 Å². The second-order valence-corrected chi connectivity index (χ2v) is 5.19. The Hall–Kier alpha value is -1.51. The highest BCUT2D eigenvalue weighted by Crippen LogP contribution is 2.23. The van der Waals surface area contributed by atoms with Gasteiger partial charge >= 0.3 is 0 Å². The minimum Gasteiger partial charge on any atom is -0.376 e. The molecule has 0 saturated carbocycles. The molecule has 0 radical (unpaired) electrons. The van der Waals surface area contributed by atoms with E-state index in [1.807, 2.05) is 39.1 Å². The van der Waals surface area contributed by atoms with Crippen LogP contribution in [0, 0.1) is 0 Å². The van der Waals surface area contributed by atoms with Gasteiger partial charge in [0.05, 0.1) is 6.54 Å². The molecule has 0 fully saturated rings. The smallest absolute Gasteiger partial charge is 0.241 e. The number of carbonyl (C=O) groups excluding carboxylic acids is 1. The van der Waals surface area contributed by atoms with Gasteiger partial charge in [0.25, 0.3) is 0 Å². The molecule has 0 bridgehead atoms. The van der Waals surface area contributed by atoms with Crippen molar-refractivity contribution in [2.45, 2.75) is 39.7 Å². The lowest BCUT2D eigenvalue weighted by atomic mass is 10.0. The van der Waals surface area contributed by atoms with Crippen molar-refractivity contribution in [2.75, 3.05) is 18.9 Å². The molecule has 0 aliphatic carbocycles. The van der Waals surface area contributed by atoms with Gasteiger partial charge in [-0.15, -0.1) is 0 Å². The highest BCUT2D eigenvalue weighted by atomic mass is 16.2. The molecule has 3 heteroatoms.